The molecule has 0 aliphatic carbocycles. The SMILES string of the molecule is CC(C)c1ccc(NC(=O)c2ccnc(N3CCCCC3)n2)cc1. The quantitative estimate of drug-likeness (QED) is 0.928. The Morgan fingerprint density at radius 2 is 1.79 bits per heavy atom. The van der Waals surface area contributed by atoms with Gasteiger partial charge in [0.25, 0.3) is 5.91 Å². The average Bonchev–Trinajstić information content (AvgIpc) is 2.63. The van der Waals surface area contributed by atoms with E-state index in [2.05, 4.69) is 34.0 Å². The van der Waals surface area contributed by atoms with Gasteiger partial charge in [0.2, 0.25) is 5.95 Å². The largest absolute Gasteiger partial charge is 0.341 e. The molecule has 1 aromatic heterocycles. The van der Waals surface area contributed by atoms with Crippen LogP contribution in [0.15, 0.2) is 36.5 Å². The molecule has 0 radical (unpaired) electrons. The highest BCUT2D eigenvalue weighted by molar-refractivity contribution is 6.02. The number of hydrogen-bond acceptors (Lipinski definition) is 4. The molecule has 1 fully saturated rings. The van der Waals surface area contributed by atoms with Gasteiger partial charge in [0.05, 0.1) is 0 Å². The Labute approximate surface area is 143 Å². The maximum Gasteiger partial charge on any atom is 0.274 e. The van der Waals surface area contributed by atoms with E-state index in [9.17, 15) is 4.79 Å². The minimum absolute atomic E-state index is 0.201. The monoisotopic (exact) mass is 324 g/mol. The van der Waals surface area contributed by atoms with Crippen LogP contribution in [0.5, 0.6) is 0 Å². The van der Waals surface area contributed by atoms with Gasteiger partial charge in [-0.2, -0.15) is 0 Å². The van der Waals surface area contributed by atoms with E-state index >= 15 is 0 Å². The number of anilines is 2. The van der Waals surface area contributed by atoms with Crippen molar-refractivity contribution in [2.75, 3.05) is 23.3 Å². The van der Waals surface area contributed by atoms with Crippen LogP contribution < -0.4 is 10.2 Å². The predicted molar refractivity (Wildman–Crippen MR) is 96.6 cm³/mol. The lowest BCUT2D eigenvalue weighted by Crippen LogP contribution is -2.31. The van der Waals surface area contributed by atoms with Crippen LogP contribution in [-0.2, 0) is 0 Å². The highest BCUT2D eigenvalue weighted by atomic mass is 16.1. The molecule has 0 atom stereocenters. The van der Waals surface area contributed by atoms with Gasteiger partial charge in [0.15, 0.2) is 0 Å². The van der Waals surface area contributed by atoms with Gasteiger partial charge in [-0.25, -0.2) is 9.97 Å². The van der Waals surface area contributed by atoms with Gasteiger partial charge in [-0.15, -0.1) is 0 Å². The van der Waals surface area contributed by atoms with Crippen LogP contribution in [0.1, 0.15) is 55.1 Å². The number of benzene rings is 1. The van der Waals surface area contributed by atoms with E-state index in [1.807, 2.05) is 24.3 Å². The van der Waals surface area contributed by atoms with E-state index in [1.165, 1.54) is 12.0 Å². The smallest absolute Gasteiger partial charge is 0.274 e. The molecule has 0 spiro atoms. The maximum absolute atomic E-state index is 12.4. The summed E-state index contributed by atoms with van der Waals surface area (Å²) >= 11 is 0. The van der Waals surface area contributed by atoms with Crippen LogP contribution in [0.4, 0.5) is 11.6 Å². The molecular weight excluding hydrogens is 300 g/mol. The van der Waals surface area contributed by atoms with E-state index in [0.717, 1.165) is 31.6 Å². The van der Waals surface area contributed by atoms with Crippen molar-refractivity contribution in [3.63, 3.8) is 0 Å². The van der Waals surface area contributed by atoms with Crippen LogP contribution in [0.2, 0.25) is 0 Å². The molecule has 5 nitrogen and oxygen atoms in total. The summed E-state index contributed by atoms with van der Waals surface area (Å²) in [6.07, 6.45) is 5.22. The minimum Gasteiger partial charge on any atom is -0.341 e. The fourth-order valence-electron chi connectivity index (χ4n) is 2.87. The first-order valence-electron chi connectivity index (χ1n) is 8.63. The summed E-state index contributed by atoms with van der Waals surface area (Å²) in [5, 5.41) is 2.91. The molecule has 0 unspecified atom stereocenters. The number of carbonyl (C=O) groups excluding carboxylic acids is 1. The van der Waals surface area contributed by atoms with Crippen molar-refractivity contribution < 1.29 is 4.79 Å². The Hall–Kier alpha value is -2.43. The molecule has 1 amide bonds. The molecule has 3 rings (SSSR count). The lowest BCUT2D eigenvalue weighted by atomic mass is 10.0. The Morgan fingerprint density at radius 1 is 1.08 bits per heavy atom. The molecule has 1 N–H and O–H groups in total. The number of aromatic nitrogens is 2. The van der Waals surface area contributed by atoms with Crippen molar-refractivity contribution in [2.45, 2.75) is 39.0 Å². The number of amides is 1. The summed E-state index contributed by atoms with van der Waals surface area (Å²) in [7, 11) is 0. The van der Waals surface area contributed by atoms with Crippen molar-refractivity contribution in [2.24, 2.45) is 0 Å². The van der Waals surface area contributed by atoms with Gasteiger partial charge < -0.3 is 10.2 Å². The van der Waals surface area contributed by atoms with Gasteiger partial charge in [-0.05, 0) is 48.9 Å². The first-order valence-corrected chi connectivity index (χ1v) is 8.63. The van der Waals surface area contributed by atoms with Crippen LogP contribution in [0.3, 0.4) is 0 Å². The zero-order valence-corrected chi connectivity index (χ0v) is 14.3. The Bertz CT molecular complexity index is 691. The van der Waals surface area contributed by atoms with Crippen molar-refractivity contribution >= 4 is 17.5 Å². The minimum atomic E-state index is -0.201. The van der Waals surface area contributed by atoms with E-state index in [1.54, 1.807) is 12.3 Å². The van der Waals surface area contributed by atoms with Gasteiger partial charge in [-0.1, -0.05) is 26.0 Å². The van der Waals surface area contributed by atoms with E-state index in [4.69, 9.17) is 0 Å². The standard InChI is InChI=1S/C19H24N4O/c1-14(2)15-6-8-16(9-7-15)21-18(24)17-10-11-20-19(22-17)23-12-4-3-5-13-23/h6-11,14H,3-5,12-13H2,1-2H3,(H,21,24). The number of carbonyl (C=O) groups is 1. The number of piperidine rings is 1. The molecule has 1 aliphatic heterocycles. The molecule has 1 aliphatic rings. The van der Waals surface area contributed by atoms with Crippen LogP contribution in [0.25, 0.3) is 0 Å². The second kappa shape index (κ2) is 7.43. The van der Waals surface area contributed by atoms with Gasteiger partial charge in [-0.3, -0.25) is 4.79 Å². The fraction of sp³-hybridized carbons (Fsp3) is 0.421. The highest BCUT2D eigenvalue weighted by Crippen LogP contribution is 2.18. The topological polar surface area (TPSA) is 58.1 Å². The van der Waals surface area contributed by atoms with E-state index < -0.39 is 0 Å². The fourth-order valence-corrected chi connectivity index (χ4v) is 2.87. The highest BCUT2D eigenvalue weighted by Gasteiger charge is 2.16. The van der Waals surface area contributed by atoms with Crippen LogP contribution >= 0.6 is 0 Å². The molecule has 126 valence electrons. The second-order valence-corrected chi connectivity index (χ2v) is 6.52. The summed E-state index contributed by atoms with van der Waals surface area (Å²) in [6, 6.07) is 9.60. The van der Waals surface area contributed by atoms with E-state index in [0.29, 0.717) is 17.6 Å². The molecule has 2 aromatic rings. The normalized spacial score (nSPS) is 14.7. The number of nitrogens with zero attached hydrogens (tertiary/aromatic N) is 3. The predicted octanol–water partition coefficient (Wildman–Crippen LogP) is 3.84. The summed E-state index contributed by atoms with van der Waals surface area (Å²) in [5.74, 6) is 0.925. The average molecular weight is 324 g/mol. The first-order chi connectivity index (χ1) is 11.6. The molecule has 0 bridgehead atoms. The maximum atomic E-state index is 12.4. The number of hydrogen-bond donors (Lipinski definition) is 1. The summed E-state index contributed by atoms with van der Waals surface area (Å²) in [6.45, 7) is 6.22. The number of nitrogens with one attached hydrogen (secondary N) is 1. The third-order valence-corrected chi connectivity index (χ3v) is 4.35. The molecule has 5 heteroatoms. The molecule has 1 saturated heterocycles. The van der Waals surface area contributed by atoms with Gasteiger partial charge >= 0.3 is 0 Å². The lowest BCUT2D eigenvalue weighted by Gasteiger charge is -2.26. The molecule has 2 heterocycles. The lowest BCUT2D eigenvalue weighted by molar-refractivity contribution is 0.102. The zero-order chi connectivity index (χ0) is 16.9. The second-order valence-electron chi connectivity index (χ2n) is 6.52. The van der Waals surface area contributed by atoms with Crippen molar-refractivity contribution in [1.82, 2.24) is 9.97 Å². The first kappa shape index (κ1) is 16.4. The van der Waals surface area contributed by atoms with Gasteiger partial charge in [0.1, 0.15) is 5.69 Å². The number of rotatable bonds is 4. The summed E-state index contributed by atoms with van der Waals surface area (Å²) < 4.78 is 0. The Kier molecular flexibility index (Phi) is 5.08. The Balaban J connectivity index is 1.70. The van der Waals surface area contributed by atoms with Crippen molar-refractivity contribution in [1.29, 1.82) is 0 Å². The third kappa shape index (κ3) is 3.91. The van der Waals surface area contributed by atoms with Crippen LogP contribution in [-0.4, -0.2) is 29.0 Å². The summed E-state index contributed by atoms with van der Waals surface area (Å²) in [5.41, 5.74) is 2.43. The van der Waals surface area contributed by atoms with Crippen LogP contribution in [0, 0.1) is 0 Å². The zero-order valence-electron chi connectivity index (χ0n) is 14.3. The van der Waals surface area contributed by atoms with Gasteiger partial charge in [0, 0.05) is 25.0 Å². The third-order valence-electron chi connectivity index (χ3n) is 4.35. The molecule has 0 saturated carbocycles. The molecular formula is C19H24N4O. The molecule has 1 aromatic carbocycles. The summed E-state index contributed by atoms with van der Waals surface area (Å²) in [4.78, 5) is 23.4. The van der Waals surface area contributed by atoms with Crippen molar-refractivity contribution in [3.8, 4) is 0 Å². The van der Waals surface area contributed by atoms with E-state index in [-0.39, 0.29) is 5.91 Å². The Morgan fingerprint density at radius 3 is 2.46 bits per heavy atom. The van der Waals surface area contributed by atoms with Crippen molar-refractivity contribution in [3.05, 3.63) is 47.8 Å². The molecule has 24 heavy (non-hydrogen) atoms.